The lowest BCUT2D eigenvalue weighted by atomic mass is 10.2. The van der Waals surface area contributed by atoms with Gasteiger partial charge in [0.15, 0.2) is 0 Å². The first-order chi connectivity index (χ1) is 9.63. The summed E-state index contributed by atoms with van der Waals surface area (Å²) in [5.74, 6) is -0.0239. The van der Waals surface area contributed by atoms with E-state index in [1.54, 1.807) is 17.3 Å². The topological polar surface area (TPSA) is 71.7 Å². The van der Waals surface area contributed by atoms with Gasteiger partial charge in [0.2, 0.25) is 5.91 Å². The number of likely N-dealkylation sites (N-methyl/N-ethyl adjacent to an activating group) is 1. The van der Waals surface area contributed by atoms with Crippen molar-refractivity contribution in [1.82, 2.24) is 14.8 Å². The second-order valence-electron chi connectivity index (χ2n) is 4.82. The number of hydrogen-bond acceptors (Lipinski definition) is 5. The molecule has 0 atom stereocenters. The van der Waals surface area contributed by atoms with Crippen LogP contribution in [0.3, 0.4) is 0 Å². The number of rotatable bonds is 9. The number of ether oxygens (including phenoxy) is 1. The molecular weight excluding hydrogens is 256 g/mol. The van der Waals surface area contributed by atoms with Crippen molar-refractivity contribution in [2.24, 2.45) is 5.73 Å². The predicted molar refractivity (Wildman–Crippen MR) is 78.1 cm³/mol. The molecule has 1 rings (SSSR count). The van der Waals surface area contributed by atoms with Crippen molar-refractivity contribution in [3.63, 3.8) is 0 Å². The first kappa shape index (κ1) is 16.6. The van der Waals surface area contributed by atoms with Crippen LogP contribution in [0.4, 0.5) is 0 Å². The van der Waals surface area contributed by atoms with Crippen LogP contribution < -0.4 is 5.73 Å². The molecule has 6 nitrogen and oxygen atoms in total. The van der Waals surface area contributed by atoms with E-state index < -0.39 is 0 Å². The average Bonchev–Trinajstić information content (AvgIpc) is 2.44. The van der Waals surface area contributed by atoms with Crippen molar-refractivity contribution in [3.8, 4) is 0 Å². The number of carbonyl (C=O) groups excluding carboxylic acids is 1. The Morgan fingerprint density at radius 3 is 2.80 bits per heavy atom. The van der Waals surface area contributed by atoms with Gasteiger partial charge in [0.05, 0.1) is 6.61 Å². The molecule has 0 spiro atoms. The zero-order chi connectivity index (χ0) is 14.8. The maximum absolute atomic E-state index is 12.2. The Morgan fingerprint density at radius 1 is 1.40 bits per heavy atom. The van der Waals surface area contributed by atoms with E-state index in [-0.39, 0.29) is 12.5 Å². The molecular formula is C14H24N4O2. The van der Waals surface area contributed by atoms with Crippen molar-refractivity contribution in [2.75, 3.05) is 46.9 Å². The summed E-state index contributed by atoms with van der Waals surface area (Å²) in [6.45, 7) is 2.92. The summed E-state index contributed by atoms with van der Waals surface area (Å²) in [6.07, 6.45) is 3.50. The quantitative estimate of drug-likeness (QED) is 0.642. The van der Waals surface area contributed by atoms with Crippen LogP contribution in [0, 0.1) is 0 Å². The minimum atomic E-state index is -0.0239. The Balaban J connectivity index is 2.57. The molecule has 0 unspecified atom stereocenters. The van der Waals surface area contributed by atoms with Gasteiger partial charge in [-0.3, -0.25) is 9.78 Å². The summed E-state index contributed by atoms with van der Waals surface area (Å²) >= 11 is 0. The van der Waals surface area contributed by atoms with Gasteiger partial charge in [-0.25, -0.2) is 0 Å². The number of carbonyl (C=O) groups is 1. The highest BCUT2D eigenvalue weighted by Gasteiger charge is 2.14. The van der Waals surface area contributed by atoms with Gasteiger partial charge in [0.1, 0.15) is 6.61 Å². The van der Waals surface area contributed by atoms with Crippen molar-refractivity contribution in [2.45, 2.75) is 6.54 Å². The Morgan fingerprint density at radius 2 is 2.20 bits per heavy atom. The van der Waals surface area contributed by atoms with Crippen LogP contribution >= 0.6 is 0 Å². The van der Waals surface area contributed by atoms with E-state index >= 15 is 0 Å². The monoisotopic (exact) mass is 280 g/mol. The largest absolute Gasteiger partial charge is 0.370 e. The minimum absolute atomic E-state index is 0.0239. The van der Waals surface area contributed by atoms with Crippen LogP contribution in [0.1, 0.15) is 5.56 Å². The SMILES string of the molecule is CN(C)CCN(Cc1cccnc1)C(=O)COCCN. The highest BCUT2D eigenvalue weighted by molar-refractivity contribution is 5.77. The number of pyridine rings is 1. The zero-order valence-corrected chi connectivity index (χ0v) is 12.3. The molecule has 1 amide bonds. The average molecular weight is 280 g/mol. The second kappa shape index (κ2) is 9.41. The van der Waals surface area contributed by atoms with Crippen LogP contribution in [0.25, 0.3) is 0 Å². The number of amides is 1. The van der Waals surface area contributed by atoms with Gasteiger partial charge in [-0.05, 0) is 25.7 Å². The van der Waals surface area contributed by atoms with Gasteiger partial charge in [0.25, 0.3) is 0 Å². The van der Waals surface area contributed by atoms with Crippen LogP contribution in [0.2, 0.25) is 0 Å². The fourth-order valence-corrected chi connectivity index (χ4v) is 1.66. The first-order valence-electron chi connectivity index (χ1n) is 6.72. The van der Waals surface area contributed by atoms with E-state index in [9.17, 15) is 4.79 Å². The number of nitrogens with two attached hydrogens (primary N) is 1. The maximum Gasteiger partial charge on any atom is 0.248 e. The third-order valence-electron chi connectivity index (χ3n) is 2.75. The van der Waals surface area contributed by atoms with Crippen molar-refractivity contribution in [3.05, 3.63) is 30.1 Å². The molecule has 0 aromatic carbocycles. The van der Waals surface area contributed by atoms with Crippen LogP contribution in [0.5, 0.6) is 0 Å². The van der Waals surface area contributed by atoms with Crippen LogP contribution in [0.15, 0.2) is 24.5 Å². The predicted octanol–water partition coefficient (Wildman–Crippen LogP) is -0.0529. The van der Waals surface area contributed by atoms with Gasteiger partial charge in [0, 0.05) is 38.6 Å². The highest BCUT2D eigenvalue weighted by Crippen LogP contribution is 2.04. The van der Waals surface area contributed by atoms with E-state index in [1.807, 2.05) is 31.1 Å². The van der Waals surface area contributed by atoms with E-state index in [0.29, 0.717) is 26.2 Å². The number of aromatic nitrogens is 1. The molecule has 0 radical (unpaired) electrons. The van der Waals surface area contributed by atoms with Gasteiger partial charge in [-0.15, -0.1) is 0 Å². The normalized spacial score (nSPS) is 10.8. The molecule has 0 aliphatic heterocycles. The van der Waals surface area contributed by atoms with Gasteiger partial charge in [-0.1, -0.05) is 6.07 Å². The lowest BCUT2D eigenvalue weighted by Gasteiger charge is -2.24. The Labute approximate surface area is 120 Å². The van der Waals surface area contributed by atoms with E-state index in [1.165, 1.54) is 0 Å². The smallest absolute Gasteiger partial charge is 0.248 e. The minimum Gasteiger partial charge on any atom is -0.370 e. The number of nitrogens with zero attached hydrogens (tertiary/aromatic N) is 3. The summed E-state index contributed by atoms with van der Waals surface area (Å²) in [5.41, 5.74) is 6.36. The van der Waals surface area contributed by atoms with E-state index in [0.717, 1.165) is 12.1 Å². The van der Waals surface area contributed by atoms with Crippen molar-refractivity contribution in [1.29, 1.82) is 0 Å². The Kier molecular flexibility index (Phi) is 7.79. The third kappa shape index (κ3) is 6.60. The fraction of sp³-hybridized carbons (Fsp3) is 0.571. The highest BCUT2D eigenvalue weighted by atomic mass is 16.5. The molecule has 0 aliphatic rings. The summed E-state index contributed by atoms with van der Waals surface area (Å²) in [7, 11) is 3.97. The van der Waals surface area contributed by atoms with E-state index in [2.05, 4.69) is 4.98 Å². The van der Waals surface area contributed by atoms with Crippen molar-refractivity contribution >= 4 is 5.91 Å². The molecule has 1 heterocycles. The molecule has 1 aromatic rings. The first-order valence-corrected chi connectivity index (χ1v) is 6.72. The molecule has 0 bridgehead atoms. The summed E-state index contributed by atoms with van der Waals surface area (Å²) in [4.78, 5) is 20.1. The summed E-state index contributed by atoms with van der Waals surface area (Å²) < 4.78 is 5.22. The molecule has 112 valence electrons. The third-order valence-corrected chi connectivity index (χ3v) is 2.75. The van der Waals surface area contributed by atoms with Gasteiger partial charge in [-0.2, -0.15) is 0 Å². The molecule has 0 aliphatic carbocycles. The zero-order valence-electron chi connectivity index (χ0n) is 12.3. The summed E-state index contributed by atoms with van der Waals surface area (Å²) in [5, 5.41) is 0. The van der Waals surface area contributed by atoms with Crippen LogP contribution in [-0.4, -0.2) is 67.6 Å². The number of hydrogen-bond donors (Lipinski definition) is 1. The Hall–Kier alpha value is -1.50. The molecule has 6 heteroatoms. The van der Waals surface area contributed by atoms with E-state index in [4.69, 9.17) is 10.5 Å². The fourth-order valence-electron chi connectivity index (χ4n) is 1.66. The molecule has 0 saturated carbocycles. The molecule has 20 heavy (non-hydrogen) atoms. The molecule has 2 N–H and O–H groups in total. The Bertz CT molecular complexity index is 384. The lowest BCUT2D eigenvalue weighted by Crippen LogP contribution is -2.38. The lowest BCUT2D eigenvalue weighted by molar-refractivity contribution is -0.136. The molecule has 1 aromatic heterocycles. The van der Waals surface area contributed by atoms with Crippen molar-refractivity contribution < 1.29 is 9.53 Å². The maximum atomic E-state index is 12.2. The summed E-state index contributed by atoms with van der Waals surface area (Å²) in [6, 6.07) is 3.83. The van der Waals surface area contributed by atoms with Gasteiger partial charge < -0.3 is 20.3 Å². The molecule has 0 fully saturated rings. The van der Waals surface area contributed by atoms with Gasteiger partial charge >= 0.3 is 0 Å². The standard InChI is InChI=1S/C14H24N4O2/c1-17(2)7-8-18(14(19)12-20-9-5-15)11-13-4-3-6-16-10-13/h3-4,6,10H,5,7-9,11-12,15H2,1-2H3. The second-order valence-corrected chi connectivity index (χ2v) is 4.82. The molecule has 0 saturated heterocycles. The van der Waals surface area contributed by atoms with Crippen LogP contribution in [-0.2, 0) is 16.1 Å².